The third-order valence-corrected chi connectivity index (χ3v) is 5.04. The van der Waals surface area contributed by atoms with Gasteiger partial charge in [0.2, 0.25) is 0 Å². The van der Waals surface area contributed by atoms with Crippen LogP contribution in [0.3, 0.4) is 0 Å². The number of furan rings is 1. The van der Waals surface area contributed by atoms with E-state index in [1.54, 1.807) is 6.26 Å². The largest absolute Gasteiger partial charge is 0.469 e. The maximum absolute atomic E-state index is 10.8. The van der Waals surface area contributed by atoms with Crippen LogP contribution in [-0.2, 0) is 17.6 Å². The number of nitrogens with zero attached hydrogens (tertiary/aromatic N) is 2. The molecule has 1 atom stereocenters. The van der Waals surface area contributed by atoms with Crippen molar-refractivity contribution >= 4 is 29.9 Å². The molecule has 7 nitrogen and oxygen atoms in total. The number of halogens is 1. The second-order valence-corrected chi connectivity index (χ2v) is 7.97. The van der Waals surface area contributed by atoms with E-state index in [2.05, 4.69) is 44.8 Å². The van der Waals surface area contributed by atoms with Crippen LogP contribution in [0.1, 0.15) is 18.2 Å². The molecule has 31 heavy (non-hydrogen) atoms. The summed E-state index contributed by atoms with van der Waals surface area (Å²) < 4.78 is 10.8. The smallest absolute Gasteiger partial charge is 0.191 e. The number of rotatable bonds is 10. The number of nitrogens with one attached hydrogen (secondary N) is 2. The van der Waals surface area contributed by atoms with E-state index in [1.165, 1.54) is 5.56 Å². The van der Waals surface area contributed by atoms with E-state index in [-0.39, 0.29) is 24.0 Å². The molecule has 8 heteroatoms. The monoisotopic (exact) mass is 542 g/mol. The van der Waals surface area contributed by atoms with Gasteiger partial charge in [-0.05, 0) is 31.0 Å². The van der Waals surface area contributed by atoms with Crippen LogP contribution in [0.2, 0.25) is 0 Å². The van der Waals surface area contributed by atoms with E-state index in [9.17, 15) is 5.11 Å². The lowest BCUT2D eigenvalue weighted by molar-refractivity contribution is -0.0180. The fourth-order valence-electron chi connectivity index (χ4n) is 3.44. The number of guanidine groups is 1. The maximum atomic E-state index is 10.8. The third kappa shape index (κ3) is 10.0. The zero-order valence-corrected chi connectivity index (χ0v) is 20.6. The predicted molar refractivity (Wildman–Crippen MR) is 134 cm³/mol. The lowest BCUT2D eigenvalue weighted by Crippen LogP contribution is -2.48. The van der Waals surface area contributed by atoms with Crippen LogP contribution in [0.4, 0.5) is 0 Å². The Morgan fingerprint density at radius 2 is 1.77 bits per heavy atom. The quantitative estimate of drug-likeness (QED) is 0.243. The second kappa shape index (κ2) is 13.7. The lowest BCUT2D eigenvalue weighted by Gasteiger charge is -2.33. The van der Waals surface area contributed by atoms with Crippen molar-refractivity contribution in [3.8, 4) is 0 Å². The van der Waals surface area contributed by atoms with Gasteiger partial charge in [0.15, 0.2) is 5.96 Å². The fraction of sp³-hybridized carbons (Fsp3) is 0.522. The summed E-state index contributed by atoms with van der Waals surface area (Å²) >= 11 is 0. The Bertz CT molecular complexity index is 747. The molecule has 3 N–H and O–H groups in total. The molecule has 1 saturated heterocycles. The first-order chi connectivity index (χ1) is 14.6. The van der Waals surface area contributed by atoms with E-state index in [4.69, 9.17) is 9.15 Å². The van der Waals surface area contributed by atoms with E-state index in [0.29, 0.717) is 25.6 Å². The molecule has 1 aromatic carbocycles. The molecule has 0 amide bonds. The topological polar surface area (TPSA) is 82.3 Å². The number of aliphatic imine (C=N–C) groups is 1. The molecule has 1 aromatic heterocycles. The summed E-state index contributed by atoms with van der Waals surface area (Å²) in [5, 5.41) is 17.6. The molecule has 0 aliphatic carbocycles. The molecule has 1 unspecified atom stereocenters. The summed E-state index contributed by atoms with van der Waals surface area (Å²) in [6.45, 7) is 7.37. The van der Waals surface area contributed by atoms with Crippen LogP contribution in [0.15, 0.2) is 58.1 Å². The lowest BCUT2D eigenvalue weighted by atomic mass is 10.1. The Morgan fingerprint density at radius 1 is 1.06 bits per heavy atom. The average Bonchev–Trinajstić information content (AvgIpc) is 3.26. The minimum absolute atomic E-state index is 0. The molecule has 0 saturated carbocycles. The van der Waals surface area contributed by atoms with Crippen molar-refractivity contribution in [1.29, 1.82) is 0 Å². The van der Waals surface area contributed by atoms with Gasteiger partial charge >= 0.3 is 0 Å². The van der Waals surface area contributed by atoms with Gasteiger partial charge in [0, 0.05) is 39.1 Å². The predicted octanol–water partition coefficient (Wildman–Crippen LogP) is 2.30. The first-order valence-electron chi connectivity index (χ1n) is 10.7. The van der Waals surface area contributed by atoms with E-state index in [0.717, 1.165) is 51.4 Å². The van der Waals surface area contributed by atoms with Gasteiger partial charge in [-0.2, -0.15) is 0 Å². The highest BCUT2D eigenvalue weighted by Gasteiger charge is 2.25. The molecular weight excluding hydrogens is 507 g/mol. The Kier molecular flexibility index (Phi) is 11.3. The Labute approximate surface area is 202 Å². The number of benzene rings is 1. The summed E-state index contributed by atoms with van der Waals surface area (Å²) in [7, 11) is 0. The number of hydrogen-bond acceptors (Lipinski definition) is 5. The minimum atomic E-state index is -0.896. The molecule has 172 valence electrons. The highest BCUT2D eigenvalue weighted by molar-refractivity contribution is 14.0. The van der Waals surface area contributed by atoms with Crippen molar-refractivity contribution in [2.45, 2.75) is 25.4 Å². The number of ether oxygens (including phenoxy) is 1. The fourth-order valence-corrected chi connectivity index (χ4v) is 3.44. The molecule has 0 bridgehead atoms. The Balaban J connectivity index is 0.00000341. The maximum Gasteiger partial charge on any atom is 0.191 e. The van der Waals surface area contributed by atoms with Gasteiger partial charge in [0.1, 0.15) is 5.76 Å². The number of aliphatic hydroxyl groups is 1. The van der Waals surface area contributed by atoms with Crippen molar-refractivity contribution in [1.82, 2.24) is 15.5 Å². The molecule has 1 fully saturated rings. The molecule has 1 aliphatic rings. The van der Waals surface area contributed by atoms with Crippen molar-refractivity contribution in [3.05, 3.63) is 60.1 Å². The van der Waals surface area contributed by atoms with Gasteiger partial charge < -0.3 is 24.9 Å². The molecule has 2 heterocycles. The number of β-amino-alcohol motifs (C(OH)–C–C–N with tert-alkyl or cyclic N) is 1. The van der Waals surface area contributed by atoms with Crippen molar-refractivity contribution in [2.75, 3.05) is 52.5 Å². The molecule has 1 aliphatic heterocycles. The summed E-state index contributed by atoms with van der Waals surface area (Å²) in [6.07, 6.45) is 3.37. The summed E-state index contributed by atoms with van der Waals surface area (Å²) in [4.78, 5) is 6.89. The van der Waals surface area contributed by atoms with Crippen molar-refractivity contribution in [3.63, 3.8) is 0 Å². The van der Waals surface area contributed by atoms with Gasteiger partial charge in [-0.3, -0.25) is 9.89 Å². The highest BCUT2D eigenvalue weighted by Crippen LogP contribution is 2.09. The van der Waals surface area contributed by atoms with Gasteiger partial charge in [-0.1, -0.05) is 30.3 Å². The Hall–Kier alpha value is -1.62. The standard InChI is InChI=1S/C23H34N4O3.HI/c1-23(28,19-27-13-16-29-17-14-27)18-26-22(25-12-10-21-8-5-15-30-21)24-11-9-20-6-3-2-4-7-20;/h2-8,15,28H,9-14,16-19H2,1H3,(H2,24,25,26);1H. The van der Waals surface area contributed by atoms with Gasteiger partial charge in [-0.15, -0.1) is 24.0 Å². The third-order valence-electron chi connectivity index (χ3n) is 5.04. The van der Waals surface area contributed by atoms with Gasteiger partial charge in [0.05, 0.1) is 31.6 Å². The normalized spacial score (nSPS) is 16.9. The summed E-state index contributed by atoms with van der Waals surface area (Å²) in [6, 6.07) is 14.2. The zero-order chi connectivity index (χ0) is 21.1. The molecule has 0 radical (unpaired) electrons. The van der Waals surface area contributed by atoms with Crippen LogP contribution in [0.25, 0.3) is 0 Å². The number of morpholine rings is 1. The van der Waals surface area contributed by atoms with Crippen LogP contribution in [0.5, 0.6) is 0 Å². The first-order valence-corrected chi connectivity index (χ1v) is 10.7. The van der Waals surface area contributed by atoms with Crippen molar-refractivity contribution in [2.24, 2.45) is 4.99 Å². The minimum Gasteiger partial charge on any atom is -0.469 e. The van der Waals surface area contributed by atoms with Crippen LogP contribution in [-0.4, -0.2) is 74.0 Å². The number of hydrogen-bond donors (Lipinski definition) is 3. The molecule has 3 rings (SSSR count). The molecule has 2 aromatic rings. The van der Waals surface area contributed by atoms with Crippen LogP contribution >= 0.6 is 24.0 Å². The molecular formula is C23H35IN4O3. The second-order valence-electron chi connectivity index (χ2n) is 7.97. The molecule has 0 spiro atoms. The summed E-state index contributed by atoms with van der Waals surface area (Å²) in [5.41, 5.74) is 0.381. The summed E-state index contributed by atoms with van der Waals surface area (Å²) in [5.74, 6) is 1.64. The average molecular weight is 542 g/mol. The van der Waals surface area contributed by atoms with Gasteiger partial charge in [0.25, 0.3) is 0 Å². The SMILES string of the molecule is CC(O)(CN=C(NCCc1ccccc1)NCCc1ccco1)CN1CCOCC1.I. The first kappa shape index (κ1) is 25.6. The highest BCUT2D eigenvalue weighted by atomic mass is 127. The zero-order valence-electron chi connectivity index (χ0n) is 18.3. The van der Waals surface area contributed by atoms with E-state index in [1.807, 2.05) is 25.1 Å². The van der Waals surface area contributed by atoms with Gasteiger partial charge in [-0.25, -0.2) is 0 Å². The Morgan fingerprint density at radius 3 is 2.45 bits per heavy atom. The van der Waals surface area contributed by atoms with E-state index >= 15 is 0 Å². The van der Waals surface area contributed by atoms with E-state index < -0.39 is 5.60 Å². The van der Waals surface area contributed by atoms with Crippen LogP contribution in [0, 0.1) is 0 Å². The van der Waals surface area contributed by atoms with Crippen LogP contribution < -0.4 is 10.6 Å². The van der Waals surface area contributed by atoms with Crippen molar-refractivity contribution < 1.29 is 14.3 Å².